The lowest BCUT2D eigenvalue weighted by atomic mass is 10.1. The Kier molecular flexibility index (Phi) is 5.62. The number of hydrogen-bond donors (Lipinski definition) is 2. The van der Waals surface area contributed by atoms with Crippen LogP contribution in [0.2, 0.25) is 5.02 Å². The SMILES string of the molecule is CC(CCO)Sc1ccc(C(C)N)cc1Cl. The minimum atomic E-state index is 0.00594. The van der Waals surface area contributed by atoms with Crippen LogP contribution in [0.4, 0.5) is 0 Å². The summed E-state index contributed by atoms with van der Waals surface area (Å²) >= 11 is 7.86. The first-order valence-electron chi connectivity index (χ1n) is 5.37. The molecular weight excluding hydrogens is 242 g/mol. The molecule has 1 aromatic rings. The summed E-state index contributed by atoms with van der Waals surface area (Å²) in [7, 11) is 0. The van der Waals surface area contributed by atoms with Crippen molar-refractivity contribution in [1.29, 1.82) is 0 Å². The number of aliphatic hydroxyl groups is 1. The van der Waals surface area contributed by atoms with Gasteiger partial charge >= 0.3 is 0 Å². The fraction of sp³-hybridized carbons (Fsp3) is 0.500. The summed E-state index contributed by atoms with van der Waals surface area (Å²) in [5, 5.41) is 9.94. The predicted octanol–water partition coefficient (Wildman–Crippen LogP) is 3.22. The molecule has 0 aromatic heterocycles. The fourth-order valence-electron chi connectivity index (χ4n) is 1.35. The van der Waals surface area contributed by atoms with Crippen molar-refractivity contribution in [2.24, 2.45) is 5.73 Å². The Bertz CT molecular complexity index is 344. The predicted molar refractivity (Wildman–Crippen MR) is 71.1 cm³/mol. The molecule has 2 nitrogen and oxygen atoms in total. The number of benzene rings is 1. The van der Waals surface area contributed by atoms with Crippen LogP contribution in [0.25, 0.3) is 0 Å². The van der Waals surface area contributed by atoms with E-state index in [1.807, 2.05) is 25.1 Å². The van der Waals surface area contributed by atoms with E-state index in [0.29, 0.717) is 5.25 Å². The largest absolute Gasteiger partial charge is 0.396 e. The van der Waals surface area contributed by atoms with Crippen molar-refractivity contribution in [2.75, 3.05) is 6.61 Å². The highest BCUT2D eigenvalue weighted by Crippen LogP contribution is 2.32. The molecule has 0 radical (unpaired) electrons. The number of hydrogen-bond acceptors (Lipinski definition) is 3. The monoisotopic (exact) mass is 259 g/mol. The summed E-state index contributed by atoms with van der Waals surface area (Å²) in [5.74, 6) is 0. The minimum absolute atomic E-state index is 0.00594. The molecule has 16 heavy (non-hydrogen) atoms. The molecule has 2 atom stereocenters. The maximum atomic E-state index is 8.84. The number of nitrogens with two attached hydrogens (primary N) is 1. The third kappa shape index (κ3) is 3.98. The summed E-state index contributed by atoms with van der Waals surface area (Å²) in [5.41, 5.74) is 6.83. The Morgan fingerprint density at radius 1 is 1.44 bits per heavy atom. The Morgan fingerprint density at radius 3 is 2.62 bits per heavy atom. The molecule has 0 aliphatic heterocycles. The van der Waals surface area contributed by atoms with Crippen molar-refractivity contribution >= 4 is 23.4 Å². The van der Waals surface area contributed by atoms with E-state index in [2.05, 4.69) is 6.92 Å². The highest BCUT2D eigenvalue weighted by Gasteiger charge is 2.09. The molecule has 2 unspecified atom stereocenters. The van der Waals surface area contributed by atoms with E-state index in [4.69, 9.17) is 22.4 Å². The van der Waals surface area contributed by atoms with Gasteiger partial charge in [0.25, 0.3) is 0 Å². The molecule has 0 saturated carbocycles. The normalized spacial score (nSPS) is 14.8. The summed E-state index contributed by atoms with van der Waals surface area (Å²) in [4.78, 5) is 1.05. The van der Waals surface area contributed by atoms with E-state index < -0.39 is 0 Å². The van der Waals surface area contributed by atoms with Crippen LogP contribution in [0.5, 0.6) is 0 Å². The van der Waals surface area contributed by atoms with Gasteiger partial charge in [-0.1, -0.05) is 24.6 Å². The highest BCUT2D eigenvalue weighted by molar-refractivity contribution is 8.00. The number of halogens is 1. The zero-order chi connectivity index (χ0) is 12.1. The maximum Gasteiger partial charge on any atom is 0.0545 e. The Hall–Kier alpha value is -0.220. The zero-order valence-corrected chi connectivity index (χ0v) is 11.2. The first-order valence-corrected chi connectivity index (χ1v) is 6.63. The lowest BCUT2D eigenvalue weighted by Gasteiger charge is -2.13. The average molecular weight is 260 g/mol. The van der Waals surface area contributed by atoms with Crippen molar-refractivity contribution < 1.29 is 5.11 Å². The van der Waals surface area contributed by atoms with Crippen LogP contribution >= 0.6 is 23.4 Å². The molecule has 0 bridgehead atoms. The van der Waals surface area contributed by atoms with Crippen LogP contribution in [0.3, 0.4) is 0 Å². The molecule has 0 aliphatic rings. The van der Waals surface area contributed by atoms with Crippen molar-refractivity contribution in [3.05, 3.63) is 28.8 Å². The molecule has 1 rings (SSSR count). The average Bonchev–Trinajstić information content (AvgIpc) is 2.21. The smallest absolute Gasteiger partial charge is 0.0545 e. The fourth-order valence-corrected chi connectivity index (χ4v) is 2.65. The zero-order valence-electron chi connectivity index (χ0n) is 9.61. The first kappa shape index (κ1) is 13.8. The van der Waals surface area contributed by atoms with Gasteiger partial charge in [-0.2, -0.15) is 0 Å². The number of thioether (sulfide) groups is 1. The van der Waals surface area contributed by atoms with Gasteiger partial charge in [-0.05, 0) is 31.0 Å². The van der Waals surface area contributed by atoms with Gasteiger partial charge in [0.2, 0.25) is 0 Å². The van der Waals surface area contributed by atoms with E-state index in [0.717, 1.165) is 21.9 Å². The second kappa shape index (κ2) is 6.50. The third-order valence-corrected chi connectivity index (χ3v) is 4.02. The summed E-state index contributed by atoms with van der Waals surface area (Å²) in [6.45, 7) is 4.23. The van der Waals surface area contributed by atoms with Gasteiger partial charge in [0, 0.05) is 22.8 Å². The summed E-state index contributed by atoms with van der Waals surface area (Å²) in [6.07, 6.45) is 0.774. The highest BCUT2D eigenvalue weighted by atomic mass is 35.5. The van der Waals surface area contributed by atoms with E-state index in [1.54, 1.807) is 11.8 Å². The molecule has 1 aromatic carbocycles. The van der Waals surface area contributed by atoms with E-state index in [9.17, 15) is 0 Å². The van der Waals surface area contributed by atoms with Gasteiger partial charge in [-0.15, -0.1) is 11.8 Å². The maximum absolute atomic E-state index is 8.84. The topological polar surface area (TPSA) is 46.2 Å². The third-order valence-electron chi connectivity index (χ3n) is 2.35. The molecule has 3 N–H and O–H groups in total. The molecule has 0 spiro atoms. The van der Waals surface area contributed by atoms with Crippen molar-refractivity contribution in [2.45, 2.75) is 36.5 Å². The molecule has 0 fully saturated rings. The molecule has 4 heteroatoms. The van der Waals surface area contributed by atoms with Gasteiger partial charge in [-0.3, -0.25) is 0 Å². The van der Waals surface area contributed by atoms with Crippen molar-refractivity contribution in [1.82, 2.24) is 0 Å². The standard InChI is InChI=1S/C12H18ClNOS/c1-8(5-6-15)16-12-4-3-10(9(2)14)7-11(12)13/h3-4,7-9,15H,5-6,14H2,1-2H3. The van der Waals surface area contributed by atoms with Gasteiger partial charge in [0.15, 0.2) is 0 Å². The van der Waals surface area contributed by atoms with E-state index in [1.165, 1.54) is 0 Å². The molecular formula is C12H18ClNOS. The van der Waals surface area contributed by atoms with Gasteiger partial charge in [-0.25, -0.2) is 0 Å². The van der Waals surface area contributed by atoms with E-state index >= 15 is 0 Å². The minimum Gasteiger partial charge on any atom is -0.396 e. The molecule has 0 saturated heterocycles. The summed E-state index contributed by atoms with van der Waals surface area (Å²) < 4.78 is 0. The molecule has 0 aliphatic carbocycles. The summed E-state index contributed by atoms with van der Waals surface area (Å²) in [6, 6.07) is 5.93. The van der Waals surface area contributed by atoms with Gasteiger partial charge in [0.05, 0.1) is 5.02 Å². The molecule has 90 valence electrons. The lowest BCUT2D eigenvalue weighted by Crippen LogP contribution is -2.05. The van der Waals surface area contributed by atoms with Crippen LogP contribution in [0.1, 0.15) is 31.9 Å². The van der Waals surface area contributed by atoms with E-state index in [-0.39, 0.29) is 12.6 Å². The number of aliphatic hydroxyl groups excluding tert-OH is 1. The van der Waals surface area contributed by atoms with Crippen molar-refractivity contribution in [3.63, 3.8) is 0 Å². The van der Waals surface area contributed by atoms with Crippen LogP contribution in [-0.4, -0.2) is 17.0 Å². The Labute approximate surface area is 106 Å². The second-order valence-corrected chi connectivity index (χ2v) is 5.81. The van der Waals surface area contributed by atoms with Crippen LogP contribution in [0.15, 0.2) is 23.1 Å². The van der Waals surface area contributed by atoms with Gasteiger partial charge < -0.3 is 10.8 Å². The van der Waals surface area contributed by atoms with Crippen LogP contribution in [-0.2, 0) is 0 Å². The molecule has 0 amide bonds. The lowest BCUT2D eigenvalue weighted by molar-refractivity contribution is 0.289. The Morgan fingerprint density at radius 2 is 2.12 bits per heavy atom. The number of rotatable bonds is 5. The molecule has 0 heterocycles. The van der Waals surface area contributed by atoms with Crippen LogP contribution < -0.4 is 5.73 Å². The quantitative estimate of drug-likeness (QED) is 0.798. The second-order valence-electron chi connectivity index (χ2n) is 3.92. The van der Waals surface area contributed by atoms with Crippen LogP contribution in [0, 0.1) is 0 Å². The van der Waals surface area contributed by atoms with Gasteiger partial charge in [0.1, 0.15) is 0 Å². The Balaban J connectivity index is 2.75. The van der Waals surface area contributed by atoms with Crippen molar-refractivity contribution in [3.8, 4) is 0 Å². The first-order chi connectivity index (χ1) is 7.54.